The molecule has 1 aromatic rings. The lowest BCUT2D eigenvalue weighted by Gasteiger charge is -2.26. The van der Waals surface area contributed by atoms with E-state index in [1.54, 1.807) is 11.3 Å². The van der Waals surface area contributed by atoms with E-state index in [1.807, 2.05) is 0 Å². The average Bonchev–Trinajstić information content (AvgIpc) is 2.63. The van der Waals surface area contributed by atoms with Crippen molar-refractivity contribution in [2.45, 2.75) is 13.3 Å². The third-order valence-electron chi connectivity index (χ3n) is 2.56. The van der Waals surface area contributed by atoms with Crippen molar-refractivity contribution in [3.63, 3.8) is 0 Å². The predicted octanol–water partition coefficient (Wildman–Crippen LogP) is 0.899. The molecule has 2 heterocycles. The monoisotopic (exact) mass is 211 g/mol. The molecule has 1 saturated heterocycles. The lowest BCUT2D eigenvalue weighted by atomic mass is 10.3. The molecule has 0 aliphatic carbocycles. The van der Waals surface area contributed by atoms with E-state index in [-0.39, 0.29) is 0 Å². The Morgan fingerprint density at radius 3 is 2.93 bits per heavy atom. The summed E-state index contributed by atoms with van der Waals surface area (Å²) in [5.74, 6) is 0. The molecule has 0 unspecified atom stereocenters. The standard InChI is InChI=1S/C10H17N3S/c1-9-12-10(8-14-9)2-5-13-6-3-11-4-7-13/h8,11H,2-7H2,1H3. The first-order chi connectivity index (χ1) is 6.84. The maximum atomic E-state index is 4.47. The van der Waals surface area contributed by atoms with Gasteiger partial charge in [0.1, 0.15) is 0 Å². The minimum absolute atomic E-state index is 1.10. The second kappa shape index (κ2) is 4.87. The Balaban J connectivity index is 1.76. The summed E-state index contributed by atoms with van der Waals surface area (Å²) in [6.07, 6.45) is 1.10. The first-order valence-electron chi connectivity index (χ1n) is 5.19. The third-order valence-corrected chi connectivity index (χ3v) is 3.38. The molecule has 1 aromatic heterocycles. The molecule has 1 aliphatic rings. The van der Waals surface area contributed by atoms with Crippen molar-refractivity contribution in [3.8, 4) is 0 Å². The van der Waals surface area contributed by atoms with Crippen molar-refractivity contribution in [3.05, 3.63) is 16.1 Å². The van der Waals surface area contributed by atoms with Crippen LogP contribution < -0.4 is 5.32 Å². The highest BCUT2D eigenvalue weighted by atomic mass is 32.1. The Bertz CT molecular complexity index is 279. The molecule has 0 amide bonds. The summed E-state index contributed by atoms with van der Waals surface area (Å²) in [5, 5.41) is 6.72. The van der Waals surface area contributed by atoms with Gasteiger partial charge in [0.05, 0.1) is 10.7 Å². The van der Waals surface area contributed by atoms with Gasteiger partial charge in [-0.1, -0.05) is 0 Å². The van der Waals surface area contributed by atoms with Crippen LogP contribution in [-0.2, 0) is 6.42 Å². The number of thiazole rings is 1. The fourth-order valence-electron chi connectivity index (χ4n) is 1.73. The van der Waals surface area contributed by atoms with Crippen LogP contribution in [0.3, 0.4) is 0 Å². The van der Waals surface area contributed by atoms with E-state index in [9.17, 15) is 0 Å². The molecule has 2 rings (SSSR count). The molecule has 1 fully saturated rings. The fourth-order valence-corrected chi connectivity index (χ4v) is 2.38. The normalized spacial score (nSPS) is 18.6. The van der Waals surface area contributed by atoms with Crippen LogP contribution >= 0.6 is 11.3 Å². The van der Waals surface area contributed by atoms with Crippen molar-refractivity contribution >= 4 is 11.3 Å². The van der Waals surface area contributed by atoms with Gasteiger partial charge < -0.3 is 10.2 Å². The summed E-state index contributed by atoms with van der Waals surface area (Å²) in [6.45, 7) is 7.86. The van der Waals surface area contributed by atoms with Gasteiger partial charge in [-0.25, -0.2) is 4.98 Å². The molecule has 0 atom stereocenters. The minimum atomic E-state index is 1.10. The Labute approximate surface area is 89.1 Å². The van der Waals surface area contributed by atoms with Crippen molar-refractivity contribution in [1.82, 2.24) is 15.2 Å². The van der Waals surface area contributed by atoms with Gasteiger partial charge in [-0.3, -0.25) is 0 Å². The number of piperazine rings is 1. The molecule has 3 nitrogen and oxygen atoms in total. The topological polar surface area (TPSA) is 28.2 Å². The van der Waals surface area contributed by atoms with Crippen LogP contribution in [0.4, 0.5) is 0 Å². The zero-order valence-corrected chi connectivity index (χ0v) is 9.44. The van der Waals surface area contributed by atoms with E-state index in [0.717, 1.165) is 26.1 Å². The highest BCUT2D eigenvalue weighted by Gasteiger charge is 2.09. The summed E-state index contributed by atoms with van der Waals surface area (Å²) in [4.78, 5) is 6.98. The van der Waals surface area contributed by atoms with Crippen LogP contribution in [0.25, 0.3) is 0 Å². The molecule has 1 N–H and O–H groups in total. The van der Waals surface area contributed by atoms with Crippen LogP contribution in [0.2, 0.25) is 0 Å². The summed E-state index contributed by atoms with van der Waals surface area (Å²) in [5.41, 5.74) is 1.26. The number of hydrogen-bond acceptors (Lipinski definition) is 4. The van der Waals surface area contributed by atoms with Gasteiger partial charge in [0.15, 0.2) is 0 Å². The van der Waals surface area contributed by atoms with Gasteiger partial charge in [-0.05, 0) is 6.92 Å². The Morgan fingerprint density at radius 2 is 2.29 bits per heavy atom. The van der Waals surface area contributed by atoms with E-state index < -0.39 is 0 Å². The highest BCUT2D eigenvalue weighted by Crippen LogP contribution is 2.08. The molecular weight excluding hydrogens is 194 g/mol. The van der Waals surface area contributed by atoms with Crippen LogP contribution in [0, 0.1) is 6.92 Å². The van der Waals surface area contributed by atoms with Gasteiger partial charge >= 0.3 is 0 Å². The third kappa shape index (κ3) is 2.77. The van der Waals surface area contributed by atoms with Crippen LogP contribution in [-0.4, -0.2) is 42.6 Å². The van der Waals surface area contributed by atoms with E-state index >= 15 is 0 Å². The zero-order valence-electron chi connectivity index (χ0n) is 8.62. The number of aromatic nitrogens is 1. The predicted molar refractivity (Wildman–Crippen MR) is 59.9 cm³/mol. The Kier molecular flexibility index (Phi) is 3.50. The van der Waals surface area contributed by atoms with Crippen molar-refractivity contribution in [2.24, 2.45) is 0 Å². The summed E-state index contributed by atoms with van der Waals surface area (Å²) in [6, 6.07) is 0. The van der Waals surface area contributed by atoms with Crippen LogP contribution in [0.15, 0.2) is 5.38 Å². The SMILES string of the molecule is Cc1nc(CCN2CCNCC2)cs1. The summed E-state index contributed by atoms with van der Waals surface area (Å²) in [7, 11) is 0. The molecule has 0 radical (unpaired) electrons. The molecule has 78 valence electrons. The van der Waals surface area contributed by atoms with Gasteiger partial charge in [-0.15, -0.1) is 11.3 Å². The fraction of sp³-hybridized carbons (Fsp3) is 0.700. The molecule has 0 spiro atoms. The van der Waals surface area contributed by atoms with E-state index in [2.05, 4.69) is 27.5 Å². The molecule has 14 heavy (non-hydrogen) atoms. The molecule has 1 aliphatic heterocycles. The zero-order chi connectivity index (χ0) is 9.80. The Hall–Kier alpha value is -0.450. The Morgan fingerprint density at radius 1 is 1.50 bits per heavy atom. The molecule has 0 saturated carbocycles. The number of nitrogens with zero attached hydrogens (tertiary/aromatic N) is 2. The van der Waals surface area contributed by atoms with E-state index in [1.165, 1.54) is 23.8 Å². The first kappa shape index (κ1) is 10.1. The number of rotatable bonds is 3. The van der Waals surface area contributed by atoms with Crippen LogP contribution in [0.5, 0.6) is 0 Å². The maximum Gasteiger partial charge on any atom is 0.0897 e. The van der Waals surface area contributed by atoms with Crippen LogP contribution in [0.1, 0.15) is 10.7 Å². The van der Waals surface area contributed by atoms with Crippen molar-refractivity contribution < 1.29 is 0 Å². The molecule has 4 heteroatoms. The van der Waals surface area contributed by atoms with Gasteiger partial charge in [0.2, 0.25) is 0 Å². The number of hydrogen-bond donors (Lipinski definition) is 1. The second-order valence-corrected chi connectivity index (χ2v) is 4.76. The largest absolute Gasteiger partial charge is 0.314 e. The van der Waals surface area contributed by atoms with Gasteiger partial charge in [0.25, 0.3) is 0 Å². The van der Waals surface area contributed by atoms with Gasteiger partial charge in [0, 0.05) is 44.5 Å². The van der Waals surface area contributed by atoms with E-state index in [0.29, 0.717) is 0 Å². The van der Waals surface area contributed by atoms with Gasteiger partial charge in [-0.2, -0.15) is 0 Å². The highest BCUT2D eigenvalue weighted by molar-refractivity contribution is 7.09. The summed E-state index contributed by atoms with van der Waals surface area (Å²) < 4.78 is 0. The van der Waals surface area contributed by atoms with Crippen molar-refractivity contribution in [2.75, 3.05) is 32.7 Å². The molecule has 0 bridgehead atoms. The average molecular weight is 211 g/mol. The maximum absolute atomic E-state index is 4.47. The summed E-state index contributed by atoms with van der Waals surface area (Å²) >= 11 is 1.75. The smallest absolute Gasteiger partial charge is 0.0897 e. The molecular formula is C10H17N3S. The van der Waals surface area contributed by atoms with E-state index in [4.69, 9.17) is 0 Å². The number of aryl methyl sites for hydroxylation is 1. The lowest BCUT2D eigenvalue weighted by Crippen LogP contribution is -2.44. The molecule has 0 aromatic carbocycles. The minimum Gasteiger partial charge on any atom is -0.314 e. The second-order valence-electron chi connectivity index (χ2n) is 3.70. The number of nitrogens with one attached hydrogen (secondary N) is 1. The lowest BCUT2D eigenvalue weighted by molar-refractivity contribution is 0.243. The van der Waals surface area contributed by atoms with Crippen molar-refractivity contribution in [1.29, 1.82) is 0 Å². The quantitative estimate of drug-likeness (QED) is 0.805. The first-order valence-corrected chi connectivity index (χ1v) is 6.06.